The molecule has 22 heavy (non-hydrogen) atoms. The molecule has 6 nitrogen and oxygen atoms in total. The van der Waals surface area contributed by atoms with Crippen LogP contribution in [0.25, 0.3) is 0 Å². The molecule has 0 aliphatic carbocycles. The van der Waals surface area contributed by atoms with Crippen LogP contribution in [0.3, 0.4) is 0 Å². The predicted molar refractivity (Wildman–Crippen MR) is 82.8 cm³/mol. The van der Waals surface area contributed by atoms with Crippen LogP contribution >= 0.6 is 0 Å². The minimum Gasteiger partial charge on any atom is -0.480 e. The van der Waals surface area contributed by atoms with Crippen molar-refractivity contribution in [3.63, 3.8) is 0 Å². The molecule has 1 aromatic rings. The van der Waals surface area contributed by atoms with E-state index in [9.17, 15) is 14.7 Å². The molecule has 1 atom stereocenters. The maximum Gasteiger partial charge on any atom is 0.326 e. The molecule has 0 bridgehead atoms. The minimum absolute atomic E-state index is 0.00568. The van der Waals surface area contributed by atoms with Crippen LogP contribution in [0.15, 0.2) is 10.6 Å². The molecule has 0 spiro atoms. The number of carboxylic acid groups (broad SMARTS) is 1. The molecular weight excluding hydrogens is 284 g/mol. The van der Waals surface area contributed by atoms with E-state index in [0.29, 0.717) is 18.6 Å². The van der Waals surface area contributed by atoms with E-state index < -0.39 is 17.9 Å². The quantitative estimate of drug-likeness (QED) is 0.872. The zero-order chi connectivity index (χ0) is 17.1. The van der Waals surface area contributed by atoms with Gasteiger partial charge in [-0.25, -0.2) is 4.79 Å². The van der Waals surface area contributed by atoms with E-state index in [1.165, 1.54) is 0 Å². The molecule has 0 saturated carbocycles. The highest BCUT2D eigenvalue weighted by atomic mass is 16.5. The number of rotatable bonds is 5. The molecule has 1 aromatic heterocycles. The van der Waals surface area contributed by atoms with Gasteiger partial charge < -0.3 is 14.9 Å². The topological polar surface area (TPSA) is 92.4 Å². The number of nitrogens with zero attached hydrogens (tertiary/aromatic N) is 1. The molecule has 1 rings (SSSR count). The van der Waals surface area contributed by atoms with Crippen molar-refractivity contribution in [2.24, 2.45) is 5.41 Å². The second-order valence-electron chi connectivity index (χ2n) is 7.79. The van der Waals surface area contributed by atoms with Crippen molar-refractivity contribution in [1.29, 1.82) is 0 Å². The van der Waals surface area contributed by atoms with Gasteiger partial charge in [0.1, 0.15) is 11.8 Å². The van der Waals surface area contributed by atoms with Crippen LogP contribution in [0.2, 0.25) is 0 Å². The average Bonchev–Trinajstić information content (AvgIpc) is 2.81. The Labute approximate surface area is 131 Å². The smallest absolute Gasteiger partial charge is 0.326 e. The number of hydrogen-bond acceptors (Lipinski definition) is 4. The van der Waals surface area contributed by atoms with E-state index in [4.69, 9.17) is 4.52 Å². The Bertz CT molecular complexity index is 535. The lowest BCUT2D eigenvalue weighted by Gasteiger charge is -2.21. The summed E-state index contributed by atoms with van der Waals surface area (Å²) in [6.07, 6.45) is 1.06. The first kappa shape index (κ1) is 18.2. The SMILES string of the molecule is CC(C)(C)CCC(NC(=O)c1cc(C(C)(C)C)on1)C(=O)O. The summed E-state index contributed by atoms with van der Waals surface area (Å²) in [5.41, 5.74) is -0.151. The second-order valence-corrected chi connectivity index (χ2v) is 7.79. The number of aromatic nitrogens is 1. The zero-order valence-corrected chi connectivity index (χ0v) is 14.2. The Hall–Kier alpha value is -1.85. The van der Waals surface area contributed by atoms with Crippen molar-refractivity contribution in [1.82, 2.24) is 10.5 Å². The van der Waals surface area contributed by atoms with Gasteiger partial charge in [-0.1, -0.05) is 46.7 Å². The lowest BCUT2D eigenvalue weighted by Crippen LogP contribution is -2.41. The summed E-state index contributed by atoms with van der Waals surface area (Å²) in [5, 5.41) is 15.5. The summed E-state index contributed by atoms with van der Waals surface area (Å²) in [6, 6.07) is 0.624. The van der Waals surface area contributed by atoms with Gasteiger partial charge in [0.05, 0.1) is 0 Å². The Morgan fingerprint density at radius 2 is 1.86 bits per heavy atom. The monoisotopic (exact) mass is 310 g/mol. The maximum atomic E-state index is 12.1. The molecule has 1 unspecified atom stereocenters. The van der Waals surface area contributed by atoms with E-state index in [1.807, 2.05) is 41.5 Å². The van der Waals surface area contributed by atoms with E-state index >= 15 is 0 Å². The lowest BCUT2D eigenvalue weighted by atomic mass is 9.88. The number of carboxylic acids is 1. The normalized spacial score (nSPS) is 13.7. The molecule has 0 saturated heterocycles. The first-order valence-corrected chi connectivity index (χ1v) is 7.41. The third-order valence-corrected chi connectivity index (χ3v) is 3.27. The predicted octanol–water partition coefficient (Wildman–Crippen LogP) is 2.98. The fraction of sp³-hybridized carbons (Fsp3) is 0.688. The van der Waals surface area contributed by atoms with Crippen LogP contribution in [0.5, 0.6) is 0 Å². The maximum absolute atomic E-state index is 12.1. The molecule has 0 aliphatic heterocycles. The summed E-state index contributed by atoms with van der Waals surface area (Å²) in [4.78, 5) is 23.4. The van der Waals surface area contributed by atoms with Gasteiger partial charge in [-0.3, -0.25) is 4.79 Å². The Morgan fingerprint density at radius 1 is 1.27 bits per heavy atom. The third-order valence-electron chi connectivity index (χ3n) is 3.27. The molecule has 2 N–H and O–H groups in total. The van der Waals surface area contributed by atoms with Gasteiger partial charge in [0.2, 0.25) is 0 Å². The van der Waals surface area contributed by atoms with Gasteiger partial charge in [0.25, 0.3) is 5.91 Å². The molecule has 0 fully saturated rings. The summed E-state index contributed by atoms with van der Waals surface area (Å²) < 4.78 is 5.15. The summed E-state index contributed by atoms with van der Waals surface area (Å²) in [6.45, 7) is 11.9. The van der Waals surface area contributed by atoms with E-state index in [2.05, 4.69) is 10.5 Å². The fourth-order valence-corrected chi connectivity index (χ4v) is 1.80. The number of hydrogen-bond donors (Lipinski definition) is 2. The van der Waals surface area contributed by atoms with Crippen LogP contribution in [-0.4, -0.2) is 28.2 Å². The number of carbonyl (C=O) groups is 2. The van der Waals surface area contributed by atoms with E-state index in [0.717, 1.165) is 0 Å². The number of carbonyl (C=O) groups excluding carboxylic acids is 1. The Balaban J connectivity index is 2.75. The molecule has 6 heteroatoms. The van der Waals surface area contributed by atoms with Crippen LogP contribution in [0, 0.1) is 5.41 Å². The third kappa shape index (κ3) is 5.50. The van der Waals surface area contributed by atoms with Gasteiger partial charge in [-0.15, -0.1) is 0 Å². The average molecular weight is 310 g/mol. The van der Waals surface area contributed by atoms with Crippen molar-refractivity contribution in [2.45, 2.75) is 65.8 Å². The Morgan fingerprint density at radius 3 is 2.27 bits per heavy atom. The Kier molecular flexibility index (Phi) is 5.38. The number of aliphatic carboxylic acids is 1. The van der Waals surface area contributed by atoms with Crippen LogP contribution in [-0.2, 0) is 10.2 Å². The first-order chi connectivity index (χ1) is 9.90. The molecule has 1 amide bonds. The van der Waals surface area contributed by atoms with E-state index in [-0.39, 0.29) is 16.5 Å². The highest BCUT2D eigenvalue weighted by Crippen LogP contribution is 2.23. The lowest BCUT2D eigenvalue weighted by molar-refractivity contribution is -0.139. The number of amides is 1. The van der Waals surface area contributed by atoms with Gasteiger partial charge >= 0.3 is 5.97 Å². The standard InChI is InChI=1S/C16H26N2O4/c1-15(2,3)8-7-10(14(20)21)17-13(19)11-9-12(22-18-11)16(4,5)6/h9-10H,7-8H2,1-6H3,(H,17,19)(H,20,21). The fourth-order valence-electron chi connectivity index (χ4n) is 1.80. The number of nitrogens with one attached hydrogen (secondary N) is 1. The summed E-state index contributed by atoms with van der Waals surface area (Å²) in [7, 11) is 0. The van der Waals surface area contributed by atoms with Gasteiger partial charge in [0, 0.05) is 11.5 Å². The molecular formula is C16H26N2O4. The summed E-state index contributed by atoms with van der Waals surface area (Å²) in [5.74, 6) is -0.989. The van der Waals surface area contributed by atoms with Crippen molar-refractivity contribution in [3.05, 3.63) is 17.5 Å². The second kappa shape index (κ2) is 6.50. The molecule has 0 radical (unpaired) electrons. The van der Waals surface area contributed by atoms with E-state index in [1.54, 1.807) is 6.07 Å². The highest BCUT2D eigenvalue weighted by Gasteiger charge is 2.26. The molecule has 0 aliphatic rings. The van der Waals surface area contributed by atoms with Crippen molar-refractivity contribution in [2.75, 3.05) is 0 Å². The van der Waals surface area contributed by atoms with Crippen LogP contribution < -0.4 is 5.32 Å². The van der Waals surface area contributed by atoms with Gasteiger partial charge in [0.15, 0.2) is 5.69 Å². The van der Waals surface area contributed by atoms with Crippen molar-refractivity contribution < 1.29 is 19.2 Å². The van der Waals surface area contributed by atoms with Crippen molar-refractivity contribution >= 4 is 11.9 Å². The molecule has 1 heterocycles. The van der Waals surface area contributed by atoms with Gasteiger partial charge in [-0.2, -0.15) is 0 Å². The highest BCUT2D eigenvalue weighted by molar-refractivity contribution is 5.94. The molecule has 0 aromatic carbocycles. The van der Waals surface area contributed by atoms with Gasteiger partial charge in [-0.05, 0) is 18.3 Å². The van der Waals surface area contributed by atoms with Crippen LogP contribution in [0.1, 0.15) is 70.6 Å². The first-order valence-electron chi connectivity index (χ1n) is 7.41. The largest absolute Gasteiger partial charge is 0.480 e. The zero-order valence-electron chi connectivity index (χ0n) is 14.2. The molecule has 124 valence electrons. The van der Waals surface area contributed by atoms with Crippen LogP contribution in [0.4, 0.5) is 0 Å². The van der Waals surface area contributed by atoms with Crippen molar-refractivity contribution in [3.8, 4) is 0 Å². The minimum atomic E-state index is -1.04. The summed E-state index contributed by atoms with van der Waals surface area (Å²) >= 11 is 0.